The van der Waals surface area contributed by atoms with E-state index in [0.29, 0.717) is 36.3 Å². The number of aromatic nitrogens is 1. The molecular weight excluding hydrogens is 380 g/mol. The number of pyridine rings is 1. The first-order valence-electron chi connectivity index (χ1n) is 8.67. The second-order valence-electron chi connectivity index (χ2n) is 6.05. The van der Waals surface area contributed by atoms with Gasteiger partial charge >= 0.3 is 0 Å². The standard InChI is InChI=1S/C20H18N2O5S/c23-28(24,17-7-8-18-19(13-17)26-11-10-25-18)22-14-15-4-3-5-16(12-15)27-20-6-1-2-9-21-20/h1-9,12-13,22H,10-11,14H2. The Morgan fingerprint density at radius 3 is 2.64 bits per heavy atom. The van der Waals surface area contributed by atoms with Crippen molar-refractivity contribution in [1.29, 1.82) is 0 Å². The lowest BCUT2D eigenvalue weighted by molar-refractivity contribution is 0.171. The molecule has 0 bridgehead atoms. The third kappa shape index (κ3) is 4.24. The highest BCUT2D eigenvalue weighted by atomic mass is 32.2. The van der Waals surface area contributed by atoms with Crippen molar-refractivity contribution in [2.75, 3.05) is 13.2 Å². The Morgan fingerprint density at radius 2 is 1.82 bits per heavy atom. The maximum atomic E-state index is 12.6. The number of ether oxygens (including phenoxy) is 3. The number of fused-ring (bicyclic) bond motifs is 1. The summed E-state index contributed by atoms with van der Waals surface area (Å²) in [5.41, 5.74) is 0.759. The van der Waals surface area contributed by atoms with Crippen LogP contribution in [0.4, 0.5) is 0 Å². The highest BCUT2D eigenvalue weighted by Crippen LogP contribution is 2.32. The van der Waals surface area contributed by atoms with Crippen molar-refractivity contribution in [2.45, 2.75) is 11.4 Å². The van der Waals surface area contributed by atoms with E-state index in [9.17, 15) is 8.42 Å². The highest BCUT2D eigenvalue weighted by Gasteiger charge is 2.19. The van der Waals surface area contributed by atoms with Crippen LogP contribution in [0.25, 0.3) is 0 Å². The van der Waals surface area contributed by atoms with Crippen molar-refractivity contribution in [3.63, 3.8) is 0 Å². The minimum Gasteiger partial charge on any atom is -0.486 e. The molecule has 1 aromatic heterocycles. The van der Waals surface area contributed by atoms with Crippen LogP contribution in [0.3, 0.4) is 0 Å². The summed E-state index contributed by atoms with van der Waals surface area (Å²) in [6.45, 7) is 0.970. The second-order valence-corrected chi connectivity index (χ2v) is 7.81. The minimum atomic E-state index is -3.70. The fraction of sp³-hybridized carbons (Fsp3) is 0.150. The Bertz CT molecular complexity index is 1070. The van der Waals surface area contributed by atoms with Gasteiger partial charge in [-0.1, -0.05) is 18.2 Å². The molecule has 0 unspecified atom stereocenters. The molecule has 0 fully saturated rings. The second kappa shape index (κ2) is 7.87. The summed E-state index contributed by atoms with van der Waals surface area (Å²) in [4.78, 5) is 4.23. The monoisotopic (exact) mass is 398 g/mol. The lowest BCUT2D eigenvalue weighted by Gasteiger charge is -2.19. The predicted octanol–water partition coefficient (Wildman–Crippen LogP) is 3.12. The van der Waals surface area contributed by atoms with Crippen molar-refractivity contribution < 1.29 is 22.6 Å². The van der Waals surface area contributed by atoms with Crippen LogP contribution in [0.15, 0.2) is 71.8 Å². The molecule has 0 saturated heterocycles. The molecule has 0 saturated carbocycles. The molecular formula is C20H18N2O5S. The Balaban J connectivity index is 1.45. The fourth-order valence-electron chi connectivity index (χ4n) is 2.70. The third-order valence-corrected chi connectivity index (χ3v) is 5.45. The molecule has 144 valence electrons. The molecule has 0 atom stereocenters. The minimum absolute atomic E-state index is 0.121. The normalized spacial score (nSPS) is 13.1. The average Bonchev–Trinajstić information content (AvgIpc) is 2.73. The highest BCUT2D eigenvalue weighted by molar-refractivity contribution is 7.89. The molecule has 28 heavy (non-hydrogen) atoms. The molecule has 0 spiro atoms. The number of sulfonamides is 1. The Morgan fingerprint density at radius 1 is 0.964 bits per heavy atom. The Hall–Kier alpha value is -3.10. The number of nitrogens with zero attached hydrogens (tertiary/aromatic N) is 1. The molecule has 2 aromatic carbocycles. The topological polar surface area (TPSA) is 86.8 Å². The van der Waals surface area contributed by atoms with Crippen LogP contribution in [0, 0.1) is 0 Å². The van der Waals surface area contributed by atoms with Crippen molar-refractivity contribution in [1.82, 2.24) is 9.71 Å². The van der Waals surface area contributed by atoms with Crippen LogP contribution in [-0.4, -0.2) is 26.6 Å². The molecule has 1 N–H and O–H groups in total. The SMILES string of the molecule is O=S(=O)(NCc1cccc(Oc2ccccn2)c1)c1ccc2c(c1)OCCO2. The van der Waals surface area contributed by atoms with Gasteiger partial charge in [-0.15, -0.1) is 0 Å². The van der Waals surface area contributed by atoms with Gasteiger partial charge in [0.25, 0.3) is 0 Å². The summed E-state index contributed by atoms with van der Waals surface area (Å²) in [5.74, 6) is 2.02. The van der Waals surface area contributed by atoms with Crippen LogP contribution in [0.2, 0.25) is 0 Å². The van der Waals surface area contributed by atoms with Gasteiger partial charge < -0.3 is 14.2 Å². The van der Waals surface area contributed by atoms with E-state index in [4.69, 9.17) is 14.2 Å². The lowest BCUT2D eigenvalue weighted by Crippen LogP contribution is -2.23. The van der Waals surface area contributed by atoms with Crippen LogP contribution in [0.1, 0.15) is 5.56 Å². The maximum absolute atomic E-state index is 12.6. The molecule has 1 aliphatic heterocycles. The van der Waals surface area contributed by atoms with Gasteiger partial charge in [0, 0.05) is 24.9 Å². The molecule has 1 aliphatic rings. The lowest BCUT2D eigenvalue weighted by atomic mass is 10.2. The number of nitrogens with one attached hydrogen (secondary N) is 1. The van der Waals surface area contributed by atoms with Gasteiger partial charge in [0.05, 0.1) is 4.90 Å². The summed E-state index contributed by atoms with van der Waals surface area (Å²) in [6.07, 6.45) is 1.64. The number of hydrogen-bond acceptors (Lipinski definition) is 6. The largest absolute Gasteiger partial charge is 0.486 e. The summed E-state index contributed by atoms with van der Waals surface area (Å²) in [5, 5.41) is 0. The Labute approximate surface area is 163 Å². The van der Waals surface area contributed by atoms with Gasteiger partial charge in [0.1, 0.15) is 19.0 Å². The van der Waals surface area contributed by atoms with E-state index in [1.54, 1.807) is 42.6 Å². The summed E-state index contributed by atoms with van der Waals surface area (Å²) in [7, 11) is -3.70. The molecule has 2 heterocycles. The van der Waals surface area contributed by atoms with Crippen LogP contribution >= 0.6 is 0 Å². The summed E-state index contributed by atoms with van der Waals surface area (Å²) < 4.78 is 44.4. The number of rotatable bonds is 6. The van der Waals surface area contributed by atoms with E-state index < -0.39 is 10.0 Å². The molecule has 4 rings (SSSR count). The van der Waals surface area contributed by atoms with Crippen molar-refractivity contribution in [2.24, 2.45) is 0 Å². The van der Waals surface area contributed by atoms with Gasteiger partial charge in [-0.25, -0.2) is 18.1 Å². The van der Waals surface area contributed by atoms with Crippen molar-refractivity contribution >= 4 is 10.0 Å². The fourth-order valence-corrected chi connectivity index (χ4v) is 3.73. The zero-order valence-corrected chi connectivity index (χ0v) is 15.7. The van der Waals surface area contributed by atoms with Gasteiger partial charge in [-0.2, -0.15) is 0 Å². The summed E-state index contributed by atoms with van der Waals surface area (Å²) in [6, 6.07) is 17.1. The van der Waals surface area contributed by atoms with Gasteiger partial charge in [-0.05, 0) is 35.9 Å². The quantitative estimate of drug-likeness (QED) is 0.687. The van der Waals surface area contributed by atoms with E-state index in [2.05, 4.69) is 9.71 Å². The van der Waals surface area contributed by atoms with E-state index in [1.807, 2.05) is 12.1 Å². The first kappa shape index (κ1) is 18.3. The van der Waals surface area contributed by atoms with Gasteiger partial charge in [-0.3, -0.25) is 0 Å². The maximum Gasteiger partial charge on any atom is 0.241 e. The van der Waals surface area contributed by atoms with Gasteiger partial charge in [0.15, 0.2) is 11.5 Å². The predicted molar refractivity (Wildman–Crippen MR) is 102 cm³/mol. The van der Waals surface area contributed by atoms with Gasteiger partial charge in [0.2, 0.25) is 15.9 Å². The van der Waals surface area contributed by atoms with Crippen LogP contribution < -0.4 is 18.9 Å². The average molecular weight is 398 g/mol. The van der Waals surface area contributed by atoms with Crippen molar-refractivity contribution in [3.8, 4) is 23.1 Å². The van der Waals surface area contributed by atoms with Crippen LogP contribution in [0.5, 0.6) is 23.1 Å². The number of benzene rings is 2. The number of hydrogen-bond donors (Lipinski definition) is 1. The zero-order valence-electron chi connectivity index (χ0n) is 14.9. The molecule has 0 radical (unpaired) electrons. The molecule has 0 aliphatic carbocycles. The first-order valence-corrected chi connectivity index (χ1v) is 10.2. The third-order valence-electron chi connectivity index (χ3n) is 4.05. The van der Waals surface area contributed by atoms with Crippen LogP contribution in [-0.2, 0) is 16.6 Å². The van der Waals surface area contributed by atoms with E-state index >= 15 is 0 Å². The molecule has 0 amide bonds. The van der Waals surface area contributed by atoms with Crippen molar-refractivity contribution in [3.05, 3.63) is 72.4 Å². The smallest absolute Gasteiger partial charge is 0.241 e. The molecule has 7 nitrogen and oxygen atoms in total. The van der Waals surface area contributed by atoms with E-state index in [-0.39, 0.29) is 11.4 Å². The Kier molecular flexibility index (Phi) is 5.14. The summed E-state index contributed by atoms with van der Waals surface area (Å²) >= 11 is 0. The molecule has 3 aromatic rings. The zero-order chi connectivity index (χ0) is 19.4. The van der Waals surface area contributed by atoms with E-state index in [1.165, 1.54) is 12.1 Å². The first-order chi connectivity index (χ1) is 13.6. The van der Waals surface area contributed by atoms with E-state index in [0.717, 1.165) is 5.56 Å². The molecule has 8 heteroatoms.